The Morgan fingerprint density at radius 1 is 1.69 bits per heavy atom. The zero-order chi connectivity index (χ0) is 11.7. The molecule has 0 amide bonds. The van der Waals surface area contributed by atoms with Gasteiger partial charge in [-0.25, -0.2) is 0 Å². The Balaban J connectivity index is 2.28. The second-order valence-electron chi connectivity index (χ2n) is 3.62. The number of hydrogen-bond acceptors (Lipinski definition) is 4. The summed E-state index contributed by atoms with van der Waals surface area (Å²) in [6.07, 6.45) is 2.30. The van der Waals surface area contributed by atoms with Gasteiger partial charge in [-0.3, -0.25) is 4.79 Å². The van der Waals surface area contributed by atoms with E-state index in [0.717, 1.165) is 18.5 Å². The molecule has 0 aromatic carbocycles. The molecule has 0 unspecified atom stereocenters. The lowest BCUT2D eigenvalue weighted by molar-refractivity contribution is -0.132. The molecule has 1 aromatic rings. The van der Waals surface area contributed by atoms with E-state index in [1.54, 1.807) is 6.07 Å². The minimum Gasteiger partial charge on any atom is -0.406 e. The number of nitrogens with one attached hydrogen (secondary N) is 1. The zero-order valence-corrected chi connectivity index (χ0v) is 10.9. The highest BCUT2D eigenvalue weighted by atomic mass is 79.9. The van der Waals surface area contributed by atoms with Gasteiger partial charge in [0, 0.05) is 19.0 Å². The molecular formula is C10H10BrClN2O2. The first-order chi connectivity index (χ1) is 7.56. The number of esters is 1. The lowest BCUT2D eigenvalue weighted by Gasteiger charge is -2.10. The van der Waals surface area contributed by atoms with Gasteiger partial charge in [0.2, 0.25) is 5.88 Å². The Morgan fingerprint density at radius 3 is 2.94 bits per heavy atom. The van der Waals surface area contributed by atoms with Gasteiger partial charge in [0.25, 0.3) is 0 Å². The van der Waals surface area contributed by atoms with Crippen molar-refractivity contribution in [1.82, 2.24) is 4.98 Å². The predicted octanol–water partition coefficient (Wildman–Crippen LogP) is 3.00. The SMILES string of the molecule is CC(=O)Oc1nc(Cl)cc(NC2CC2)c1Br. The van der Waals surface area contributed by atoms with Crippen molar-refractivity contribution in [3.63, 3.8) is 0 Å². The second kappa shape index (κ2) is 4.59. The van der Waals surface area contributed by atoms with Crippen LogP contribution in [0.2, 0.25) is 5.15 Å². The van der Waals surface area contributed by atoms with Crippen molar-refractivity contribution in [1.29, 1.82) is 0 Å². The normalized spacial score (nSPS) is 14.7. The third kappa shape index (κ3) is 2.86. The zero-order valence-electron chi connectivity index (χ0n) is 8.59. The van der Waals surface area contributed by atoms with Gasteiger partial charge in [0.15, 0.2) is 0 Å². The molecule has 16 heavy (non-hydrogen) atoms. The molecule has 1 aromatic heterocycles. The number of pyridine rings is 1. The van der Waals surface area contributed by atoms with Crippen molar-refractivity contribution >= 4 is 39.2 Å². The molecule has 1 N–H and O–H groups in total. The van der Waals surface area contributed by atoms with Gasteiger partial charge in [-0.15, -0.1) is 0 Å². The highest BCUT2D eigenvalue weighted by molar-refractivity contribution is 9.10. The van der Waals surface area contributed by atoms with E-state index in [0.29, 0.717) is 15.7 Å². The summed E-state index contributed by atoms with van der Waals surface area (Å²) in [5.41, 5.74) is 0.804. The molecule has 1 aliphatic rings. The molecule has 0 spiro atoms. The number of carbonyl (C=O) groups is 1. The average Bonchev–Trinajstić information content (AvgIpc) is 2.96. The maximum atomic E-state index is 10.9. The van der Waals surface area contributed by atoms with Gasteiger partial charge in [0.1, 0.15) is 9.63 Å². The van der Waals surface area contributed by atoms with Crippen LogP contribution in [0.5, 0.6) is 5.88 Å². The molecule has 0 radical (unpaired) electrons. The predicted molar refractivity (Wildman–Crippen MR) is 64.9 cm³/mol. The van der Waals surface area contributed by atoms with Crippen LogP contribution in [-0.4, -0.2) is 17.0 Å². The molecule has 4 nitrogen and oxygen atoms in total. The summed E-state index contributed by atoms with van der Waals surface area (Å²) in [5, 5.41) is 3.57. The molecule has 0 aliphatic heterocycles. The maximum Gasteiger partial charge on any atom is 0.309 e. The van der Waals surface area contributed by atoms with E-state index in [2.05, 4.69) is 26.2 Å². The van der Waals surface area contributed by atoms with E-state index >= 15 is 0 Å². The van der Waals surface area contributed by atoms with E-state index in [-0.39, 0.29) is 5.88 Å². The number of hydrogen-bond donors (Lipinski definition) is 1. The van der Waals surface area contributed by atoms with Gasteiger partial charge in [-0.05, 0) is 28.8 Å². The summed E-state index contributed by atoms with van der Waals surface area (Å²) in [6, 6.07) is 2.19. The quantitative estimate of drug-likeness (QED) is 0.689. The number of anilines is 1. The fourth-order valence-corrected chi connectivity index (χ4v) is 1.82. The second-order valence-corrected chi connectivity index (χ2v) is 4.80. The number of aromatic nitrogens is 1. The highest BCUT2D eigenvalue weighted by Crippen LogP contribution is 2.36. The number of halogens is 2. The topological polar surface area (TPSA) is 51.2 Å². The average molecular weight is 306 g/mol. The van der Waals surface area contributed by atoms with Crippen LogP contribution < -0.4 is 10.1 Å². The summed E-state index contributed by atoms with van der Waals surface area (Å²) in [4.78, 5) is 14.8. The van der Waals surface area contributed by atoms with E-state index in [1.165, 1.54) is 6.92 Å². The molecule has 1 aliphatic carbocycles. The smallest absolute Gasteiger partial charge is 0.309 e. The number of ether oxygens (including phenoxy) is 1. The summed E-state index contributed by atoms with van der Waals surface area (Å²) >= 11 is 9.19. The van der Waals surface area contributed by atoms with Crippen molar-refractivity contribution in [2.75, 3.05) is 5.32 Å². The summed E-state index contributed by atoms with van der Waals surface area (Å²) < 4.78 is 5.57. The van der Waals surface area contributed by atoms with Crippen molar-refractivity contribution in [3.05, 3.63) is 15.7 Å². The maximum absolute atomic E-state index is 10.9. The standard InChI is InChI=1S/C10H10BrClN2O2/c1-5(15)16-10-9(11)7(4-8(12)14-10)13-6-2-3-6/h4,6H,2-3H2,1H3,(H,13,14). The van der Waals surface area contributed by atoms with Crippen LogP contribution in [0.15, 0.2) is 10.5 Å². The summed E-state index contributed by atoms with van der Waals surface area (Å²) in [5.74, 6) is -0.226. The fraction of sp³-hybridized carbons (Fsp3) is 0.400. The van der Waals surface area contributed by atoms with Crippen LogP contribution in [0.4, 0.5) is 5.69 Å². The lowest BCUT2D eigenvalue weighted by Crippen LogP contribution is -2.07. The van der Waals surface area contributed by atoms with E-state index in [1.807, 2.05) is 0 Å². The Bertz CT molecular complexity index is 435. The van der Waals surface area contributed by atoms with Gasteiger partial charge in [-0.1, -0.05) is 11.6 Å². The van der Waals surface area contributed by atoms with Crippen molar-refractivity contribution in [2.45, 2.75) is 25.8 Å². The van der Waals surface area contributed by atoms with Crippen molar-refractivity contribution in [3.8, 4) is 5.88 Å². The van der Waals surface area contributed by atoms with Crippen LogP contribution in [0.3, 0.4) is 0 Å². The molecule has 0 atom stereocenters. The summed E-state index contributed by atoms with van der Waals surface area (Å²) in [6.45, 7) is 1.32. The van der Waals surface area contributed by atoms with Crippen LogP contribution >= 0.6 is 27.5 Å². The monoisotopic (exact) mass is 304 g/mol. The largest absolute Gasteiger partial charge is 0.406 e. The molecule has 86 valence electrons. The van der Waals surface area contributed by atoms with Crippen LogP contribution in [0, 0.1) is 0 Å². The van der Waals surface area contributed by atoms with Crippen LogP contribution in [-0.2, 0) is 4.79 Å². The molecule has 0 bridgehead atoms. The van der Waals surface area contributed by atoms with Crippen LogP contribution in [0.25, 0.3) is 0 Å². The fourth-order valence-electron chi connectivity index (χ4n) is 1.23. The molecular weight excluding hydrogens is 295 g/mol. The third-order valence-corrected chi connectivity index (χ3v) is 3.03. The van der Waals surface area contributed by atoms with E-state index < -0.39 is 5.97 Å². The first-order valence-electron chi connectivity index (χ1n) is 4.87. The van der Waals surface area contributed by atoms with Crippen molar-refractivity contribution in [2.24, 2.45) is 0 Å². The molecule has 6 heteroatoms. The minimum absolute atomic E-state index is 0.197. The Labute approximate surface area is 106 Å². The summed E-state index contributed by atoms with van der Waals surface area (Å²) in [7, 11) is 0. The first-order valence-corrected chi connectivity index (χ1v) is 6.04. The van der Waals surface area contributed by atoms with Gasteiger partial charge >= 0.3 is 5.97 Å². The molecule has 1 saturated carbocycles. The van der Waals surface area contributed by atoms with E-state index in [9.17, 15) is 4.79 Å². The van der Waals surface area contributed by atoms with E-state index in [4.69, 9.17) is 16.3 Å². The third-order valence-electron chi connectivity index (χ3n) is 2.07. The molecule has 1 heterocycles. The van der Waals surface area contributed by atoms with Gasteiger partial charge in [-0.2, -0.15) is 4.98 Å². The number of carbonyl (C=O) groups excluding carboxylic acids is 1. The first kappa shape index (κ1) is 11.7. The van der Waals surface area contributed by atoms with Gasteiger partial charge < -0.3 is 10.1 Å². The highest BCUT2D eigenvalue weighted by Gasteiger charge is 2.23. The minimum atomic E-state index is -0.423. The Hall–Kier alpha value is -0.810. The van der Waals surface area contributed by atoms with Gasteiger partial charge in [0.05, 0.1) is 5.69 Å². The molecule has 0 saturated heterocycles. The molecule has 2 rings (SSSR count). The van der Waals surface area contributed by atoms with Crippen molar-refractivity contribution < 1.29 is 9.53 Å². The number of rotatable bonds is 3. The molecule has 1 fully saturated rings. The lowest BCUT2D eigenvalue weighted by atomic mass is 10.4. The Morgan fingerprint density at radius 2 is 2.38 bits per heavy atom. The van der Waals surface area contributed by atoms with Crippen LogP contribution in [0.1, 0.15) is 19.8 Å². The number of nitrogens with zero attached hydrogens (tertiary/aromatic N) is 1. The Kier molecular flexibility index (Phi) is 3.35.